The smallest absolute Gasteiger partial charge is 0.192 e. The fourth-order valence-corrected chi connectivity index (χ4v) is 5.00. The maximum Gasteiger partial charge on any atom is 0.192 e. The normalized spacial score (nSPS) is 11.0. The number of hydrogen-bond acceptors (Lipinski definition) is 6. The number of thiazole rings is 1. The molecule has 0 amide bonds. The highest BCUT2D eigenvalue weighted by Gasteiger charge is 2.16. The molecule has 5 rings (SSSR count). The predicted molar refractivity (Wildman–Crippen MR) is 126 cm³/mol. The van der Waals surface area contributed by atoms with Gasteiger partial charge in [0, 0.05) is 34.7 Å². The summed E-state index contributed by atoms with van der Waals surface area (Å²) >= 11 is 3.33. The monoisotopic (exact) mass is 441 g/mol. The van der Waals surface area contributed by atoms with E-state index >= 15 is 0 Å². The van der Waals surface area contributed by atoms with Crippen LogP contribution < -0.4 is 0 Å². The van der Waals surface area contributed by atoms with Gasteiger partial charge in [-0.15, -0.1) is 21.5 Å². The van der Waals surface area contributed by atoms with Gasteiger partial charge in [0.2, 0.25) is 0 Å². The Morgan fingerprint density at radius 3 is 2.39 bits per heavy atom. The van der Waals surface area contributed by atoms with Gasteiger partial charge in [0.15, 0.2) is 11.0 Å². The van der Waals surface area contributed by atoms with E-state index in [1.54, 1.807) is 29.3 Å². The summed E-state index contributed by atoms with van der Waals surface area (Å²) in [5, 5.41) is 13.0. The molecule has 0 saturated carbocycles. The Kier molecular flexibility index (Phi) is 5.86. The molecule has 0 radical (unpaired) electrons. The zero-order valence-electron chi connectivity index (χ0n) is 16.6. The highest BCUT2D eigenvalue weighted by molar-refractivity contribution is 7.98. The van der Waals surface area contributed by atoms with Crippen molar-refractivity contribution in [3.05, 3.63) is 102 Å². The summed E-state index contributed by atoms with van der Waals surface area (Å²) in [5.74, 6) is 1.56. The molecule has 0 unspecified atom stereocenters. The van der Waals surface area contributed by atoms with Crippen molar-refractivity contribution in [3.63, 3.8) is 0 Å². The number of benzene rings is 2. The van der Waals surface area contributed by atoms with E-state index in [-0.39, 0.29) is 0 Å². The Bertz CT molecular complexity index is 1250. The zero-order chi connectivity index (χ0) is 20.9. The second kappa shape index (κ2) is 9.24. The summed E-state index contributed by atoms with van der Waals surface area (Å²) in [4.78, 5) is 9.05. The first-order valence-corrected chi connectivity index (χ1v) is 11.7. The Morgan fingerprint density at radius 1 is 0.839 bits per heavy atom. The number of thioether (sulfide) groups is 1. The molecule has 0 fully saturated rings. The molecule has 2 aromatic carbocycles. The van der Waals surface area contributed by atoms with Gasteiger partial charge in [0.05, 0.1) is 12.2 Å². The van der Waals surface area contributed by atoms with E-state index in [0.29, 0.717) is 6.54 Å². The molecule has 0 atom stereocenters. The molecular weight excluding hydrogens is 422 g/mol. The highest BCUT2D eigenvalue weighted by Crippen LogP contribution is 2.29. The summed E-state index contributed by atoms with van der Waals surface area (Å²) < 4.78 is 2.15. The van der Waals surface area contributed by atoms with Gasteiger partial charge in [-0.3, -0.25) is 9.55 Å². The fourth-order valence-electron chi connectivity index (χ4n) is 3.24. The zero-order valence-corrected chi connectivity index (χ0v) is 18.3. The molecular formula is C24H19N5S2. The average Bonchev–Trinajstić information content (AvgIpc) is 3.47. The van der Waals surface area contributed by atoms with Gasteiger partial charge >= 0.3 is 0 Å². The van der Waals surface area contributed by atoms with E-state index in [1.165, 1.54) is 5.56 Å². The van der Waals surface area contributed by atoms with Crippen molar-refractivity contribution >= 4 is 23.1 Å². The molecule has 3 heterocycles. The molecule has 0 saturated heterocycles. The van der Waals surface area contributed by atoms with Crippen LogP contribution in [0.25, 0.3) is 22.0 Å². The van der Waals surface area contributed by atoms with Crippen molar-refractivity contribution < 1.29 is 0 Å². The van der Waals surface area contributed by atoms with Crippen molar-refractivity contribution in [2.45, 2.75) is 17.5 Å². The first-order chi connectivity index (χ1) is 15.4. The lowest BCUT2D eigenvalue weighted by Gasteiger charge is -2.10. The minimum Gasteiger partial charge on any atom is -0.297 e. The van der Waals surface area contributed by atoms with E-state index in [9.17, 15) is 0 Å². The van der Waals surface area contributed by atoms with E-state index in [1.807, 2.05) is 42.6 Å². The topological polar surface area (TPSA) is 56.5 Å². The number of rotatable bonds is 7. The van der Waals surface area contributed by atoms with Crippen LogP contribution >= 0.6 is 23.1 Å². The molecule has 31 heavy (non-hydrogen) atoms. The van der Waals surface area contributed by atoms with E-state index in [2.05, 4.69) is 61.5 Å². The van der Waals surface area contributed by atoms with Gasteiger partial charge in [0.1, 0.15) is 5.01 Å². The van der Waals surface area contributed by atoms with Crippen LogP contribution in [0.2, 0.25) is 0 Å². The quantitative estimate of drug-likeness (QED) is 0.299. The van der Waals surface area contributed by atoms with Crippen molar-refractivity contribution in [2.75, 3.05) is 0 Å². The maximum absolute atomic E-state index is 4.80. The molecule has 0 aliphatic heterocycles. The van der Waals surface area contributed by atoms with Crippen LogP contribution in [0.15, 0.2) is 95.7 Å². The number of hydrogen-bond donors (Lipinski definition) is 0. The summed E-state index contributed by atoms with van der Waals surface area (Å²) in [6.45, 7) is 0.701. The minimum atomic E-state index is 0.701. The van der Waals surface area contributed by atoms with Crippen LogP contribution in [-0.2, 0) is 12.3 Å². The standard InChI is InChI=1S/C24H19N5S2/c1-3-8-18(9-4-1)15-29-22(20-12-7-13-25-14-20)27-28-24(29)31-17-21-16-30-23(26-21)19-10-5-2-6-11-19/h1-14,16H,15,17H2. The highest BCUT2D eigenvalue weighted by atomic mass is 32.2. The molecule has 152 valence electrons. The molecule has 0 aliphatic rings. The number of aromatic nitrogens is 5. The summed E-state index contributed by atoms with van der Waals surface area (Å²) in [6, 6.07) is 24.6. The third-order valence-electron chi connectivity index (χ3n) is 4.74. The van der Waals surface area contributed by atoms with Gasteiger partial charge in [-0.2, -0.15) is 0 Å². The van der Waals surface area contributed by atoms with Crippen LogP contribution in [0.1, 0.15) is 11.3 Å². The lowest BCUT2D eigenvalue weighted by molar-refractivity contribution is 0.714. The van der Waals surface area contributed by atoms with Gasteiger partial charge in [-0.1, -0.05) is 72.4 Å². The first-order valence-electron chi connectivity index (χ1n) is 9.87. The molecule has 3 aromatic heterocycles. The second-order valence-electron chi connectivity index (χ2n) is 6.92. The van der Waals surface area contributed by atoms with Crippen LogP contribution in [0.5, 0.6) is 0 Å². The van der Waals surface area contributed by atoms with Crippen LogP contribution in [0, 0.1) is 0 Å². The van der Waals surface area contributed by atoms with Crippen molar-refractivity contribution in [3.8, 4) is 22.0 Å². The summed E-state index contributed by atoms with van der Waals surface area (Å²) in [5.41, 5.74) is 4.35. The largest absolute Gasteiger partial charge is 0.297 e. The van der Waals surface area contributed by atoms with Crippen LogP contribution in [-0.4, -0.2) is 24.7 Å². The average molecular weight is 442 g/mol. The first kappa shape index (κ1) is 19.7. The molecule has 0 aliphatic carbocycles. The van der Waals surface area contributed by atoms with Gasteiger partial charge in [-0.25, -0.2) is 4.98 Å². The van der Waals surface area contributed by atoms with E-state index < -0.39 is 0 Å². The van der Waals surface area contributed by atoms with Crippen molar-refractivity contribution in [2.24, 2.45) is 0 Å². The lowest BCUT2D eigenvalue weighted by atomic mass is 10.2. The Hall–Kier alpha value is -3.29. The minimum absolute atomic E-state index is 0.701. The fraction of sp³-hybridized carbons (Fsp3) is 0.0833. The molecule has 0 spiro atoms. The van der Waals surface area contributed by atoms with E-state index in [0.717, 1.165) is 38.6 Å². The van der Waals surface area contributed by atoms with Crippen LogP contribution in [0.4, 0.5) is 0 Å². The van der Waals surface area contributed by atoms with Crippen molar-refractivity contribution in [1.82, 2.24) is 24.7 Å². The van der Waals surface area contributed by atoms with Crippen LogP contribution in [0.3, 0.4) is 0 Å². The lowest BCUT2D eigenvalue weighted by Crippen LogP contribution is -2.04. The Labute approximate surface area is 188 Å². The summed E-state index contributed by atoms with van der Waals surface area (Å²) in [7, 11) is 0. The molecule has 7 heteroatoms. The van der Waals surface area contributed by atoms with Gasteiger partial charge in [-0.05, 0) is 17.7 Å². The predicted octanol–water partition coefficient (Wildman–Crippen LogP) is 5.80. The molecule has 0 bridgehead atoms. The Balaban J connectivity index is 1.40. The van der Waals surface area contributed by atoms with Crippen molar-refractivity contribution in [1.29, 1.82) is 0 Å². The summed E-state index contributed by atoms with van der Waals surface area (Å²) in [6.07, 6.45) is 3.59. The SMILES string of the molecule is c1ccc(Cn2c(SCc3csc(-c4ccccc4)n3)nnc2-c2cccnc2)cc1. The number of pyridine rings is 1. The second-order valence-corrected chi connectivity index (χ2v) is 8.72. The third kappa shape index (κ3) is 4.57. The molecule has 0 N–H and O–H groups in total. The third-order valence-corrected chi connectivity index (χ3v) is 6.68. The number of nitrogens with zero attached hydrogens (tertiary/aromatic N) is 5. The molecule has 5 nitrogen and oxygen atoms in total. The van der Waals surface area contributed by atoms with E-state index in [4.69, 9.17) is 4.98 Å². The van der Waals surface area contributed by atoms with Gasteiger partial charge in [0.25, 0.3) is 0 Å². The maximum atomic E-state index is 4.80. The Morgan fingerprint density at radius 2 is 1.61 bits per heavy atom. The molecule has 5 aromatic rings. The van der Waals surface area contributed by atoms with Gasteiger partial charge < -0.3 is 0 Å².